The molecule has 0 radical (unpaired) electrons. The second kappa shape index (κ2) is 6.26. The van der Waals surface area contributed by atoms with Crippen LogP contribution < -0.4 is 10.5 Å². The molecule has 4 N–H and O–H groups in total. The van der Waals surface area contributed by atoms with Gasteiger partial charge in [-0.25, -0.2) is 0 Å². The van der Waals surface area contributed by atoms with Crippen LogP contribution in [0.3, 0.4) is 0 Å². The summed E-state index contributed by atoms with van der Waals surface area (Å²) >= 11 is 0. The SMILES string of the molecule is COc1ccc([C@H](N)[C@H](O)C2CCCCC2)c(O)c1. The zero-order valence-electron chi connectivity index (χ0n) is 11.4. The number of nitrogens with two attached hydrogens (primary N) is 1. The topological polar surface area (TPSA) is 75.7 Å². The smallest absolute Gasteiger partial charge is 0.124 e. The Bertz CT molecular complexity index is 416. The summed E-state index contributed by atoms with van der Waals surface area (Å²) in [6, 6.07) is 4.46. The molecule has 1 saturated carbocycles. The van der Waals surface area contributed by atoms with Gasteiger partial charge in [-0.15, -0.1) is 0 Å². The Morgan fingerprint density at radius 1 is 1.26 bits per heavy atom. The summed E-state index contributed by atoms with van der Waals surface area (Å²) in [4.78, 5) is 0. The third-order valence-electron chi connectivity index (χ3n) is 4.10. The van der Waals surface area contributed by atoms with E-state index in [2.05, 4.69) is 0 Å². The van der Waals surface area contributed by atoms with Gasteiger partial charge in [0.1, 0.15) is 11.5 Å². The molecule has 106 valence electrons. The lowest BCUT2D eigenvalue weighted by molar-refractivity contribution is 0.0611. The van der Waals surface area contributed by atoms with Crippen molar-refractivity contribution in [3.63, 3.8) is 0 Å². The van der Waals surface area contributed by atoms with Gasteiger partial charge >= 0.3 is 0 Å². The van der Waals surface area contributed by atoms with Gasteiger partial charge in [0.2, 0.25) is 0 Å². The van der Waals surface area contributed by atoms with Gasteiger partial charge < -0.3 is 20.7 Å². The van der Waals surface area contributed by atoms with Crippen LogP contribution in [0.15, 0.2) is 18.2 Å². The molecule has 1 fully saturated rings. The number of phenolic OH excluding ortho intramolecular Hbond substituents is 1. The van der Waals surface area contributed by atoms with Crippen LogP contribution in [0.4, 0.5) is 0 Å². The summed E-state index contributed by atoms with van der Waals surface area (Å²) in [7, 11) is 1.55. The van der Waals surface area contributed by atoms with Gasteiger partial charge in [0.25, 0.3) is 0 Å². The van der Waals surface area contributed by atoms with Crippen LogP contribution in [0.2, 0.25) is 0 Å². The van der Waals surface area contributed by atoms with Crippen LogP contribution in [0.5, 0.6) is 11.5 Å². The van der Waals surface area contributed by atoms with Crippen LogP contribution >= 0.6 is 0 Å². The third-order valence-corrected chi connectivity index (χ3v) is 4.10. The van der Waals surface area contributed by atoms with E-state index in [0.29, 0.717) is 11.3 Å². The molecular weight excluding hydrogens is 242 g/mol. The monoisotopic (exact) mass is 265 g/mol. The van der Waals surface area contributed by atoms with Crippen molar-refractivity contribution >= 4 is 0 Å². The summed E-state index contributed by atoms with van der Waals surface area (Å²) in [5, 5.41) is 20.3. The van der Waals surface area contributed by atoms with E-state index in [4.69, 9.17) is 10.5 Å². The molecule has 4 heteroatoms. The molecule has 2 rings (SSSR count). The molecule has 2 atom stereocenters. The molecule has 1 aromatic carbocycles. The Kier molecular flexibility index (Phi) is 4.66. The van der Waals surface area contributed by atoms with E-state index in [1.54, 1.807) is 19.2 Å². The Morgan fingerprint density at radius 3 is 2.53 bits per heavy atom. The van der Waals surface area contributed by atoms with Crippen LogP contribution in [0, 0.1) is 5.92 Å². The molecular formula is C15H23NO3. The predicted octanol–water partition coefficient (Wildman–Crippen LogP) is 2.34. The number of methoxy groups -OCH3 is 1. The molecule has 1 aliphatic carbocycles. The van der Waals surface area contributed by atoms with Gasteiger partial charge in [-0.05, 0) is 30.9 Å². The van der Waals surface area contributed by atoms with Gasteiger partial charge in [0.15, 0.2) is 0 Å². The average Bonchev–Trinajstić information content (AvgIpc) is 2.46. The van der Waals surface area contributed by atoms with Crippen LogP contribution in [-0.2, 0) is 0 Å². The highest BCUT2D eigenvalue weighted by atomic mass is 16.5. The number of hydrogen-bond donors (Lipinski definition) is 3. The van der Waals surface area contributed by atoms with Crippen molar-refractivity contribution in [3.05, 3.63) is 23.8 Å². The zero-order chi connectivity index (χ0) is 13.8. The molecule has 0 aliphatic heterocycles. The second-order valence-corrected chi connectivity index (χ2v) is 5.34. The molecule has 0 spiro atoms. The normalized spacial score (nSPS) is 19.9. The average molecular weight is 265 g/mol. The summed E-state index contributed by atoms with van der Waals surface area (Å²) in [6.07, 6.45) is 5.00. The summed E-state index contributed by atoms with van der Waals surface area (Å²) in [5.74, 6) is 0.910. The number of phenols is 1. The number of aliphatic hydroxyl groups is 1. The van der Waals surface area contributed by atoms with Crippen molar-refractivity contribution < 1.29 is 14.9 Å². The first-order valence-corrected chi connectivity index (χ1v) is 6.94. The fourth-order valence-corrected chi connectivity index (χ4v) is 2.89. The number of aliphatic hydroxyl groups excluding tert-OH is 1. The molecule has 0 amide bonds. The Hall–Kier alpha value is -1.26. The van der Waals surface area contributed by atoms with Gasteiger partial charge in [0.05, 0.1) is 19.3 Å². The van der Waals surface area contributed by atoms with E-state index in [9.17, 15) is 10.2 Å². The Balaban J connectivity index is 2.11. The zero-order valence-corrected chi connectivity index (χ0v) is 11.4. The van der Waals surface area contributed by atoms with E-state index in [0.717, 1.165) is 25.7 Å². The fraction of sp³-hybridized carbons (Fsp3) is 0.600. The molecule has 1 aromatic rings. The van der Waals surface area contributed by atoms with Gasteiger partial charge in [0, 0.05) is 11.6 Å². The van der Waals surface area contributed by atoms with Crippen LogP contribution in [0.25, 0.3) is 0 Å². The number of hydrogen-bond acceptors (Lipinski definition) is 4. The van der Waals surface area contributed by atoms with E-state index in [-0.39, 0.29) is 11.7 Å². The first-order chi connectivity index (χ1) is 9.13. The Labute approximate surface area is 114 Å². The van der Waals surface area contributed by atoms with E-state index in [1.165, 1.54) is 12.5 Å². The van der Waals surface area contributed by atoms with E-state index >= 15 is 0 Å². The van der Waals surface area contributed by atoms with E-state index < -0.39 is 12.1 Å². The fourth-order valence-electron chi connectivity index (χ4n) is 2.89. The van der Waals surface area contributed by atoms with E-state index in [1.807, 2.05) is 0 Å². The number of ether oxygens (including phenoxy) is 1. The van der Waals surface area contributed by atoms with Crippen molar-refractivity contribution in [2.24, 2.45) is 11.7 Å². The number of benzene rings is 1. The molecule has 0 saturated heterocycles. The number of rotatable bonds is 4. The molecule has 0 heterocycles. The maximum Gasteiger partial charge on any atom is 0.124 e. The van der Waals surface area contributed by atoms with Crippen molar-refractivity contribution in [2.75, 3.05) is 7.11 Å². The highest BCUT2D eigenvalue weighted by molar-refractivity contribution is 5.41. The molecule has 4 nitrogen and oxygen atoms in total. The summed E-state index contributed by atoms with van der Waals surface area (Å²) in [6.45, 7) is 0. The Morgan fingerprint density at radius 2 is 1.95 bits per heavy atom. The highest BCUT2D eigenvalue weighted by Crippen LogP contribution is 2.35. The first kappa shape index (κ1) is 14.2. The lowest BCUT2D eigenvalue weighted by Gasteiger charge is -2.30. The van der Waals surface area contributed by atoms with Crippen molar-refractivity contribution in [2.45, 2.75) is 44.2 Å². The lowest BCUT2D eigenvalue weighted by atomic mass is 9.81. The minimum atomic E-state index is -0.598. The highest BCUT2D eigenvalue weighted by Gasteiger charge is 2.29. The summed E-state index contributed by atoms with van der Waals surface area (Å²) < 4.78 is 5.04. The lowest BCUT2D eigenvalue weighted by Crippen LogP contribution is -2.34. The maximum absolute atomic E-state index is 10.4. The standard InChI is InChI=1S/C15H23NO3/c1-19-11-7-8-12(13(17)9-11)14(16)15(18)10-5-3-2-4-6-10/h7-10,14-15,17-18H,2-6,16H2,1H3/t14-,15+/m0/s1. The molecule has 19 heavy (non-hydrogen) atoms. The maximum atomic E-state index is 10.4. The van der Waals surface area contributed by atoms with Crippen molar-refractivity contribution in [1.82, 2.24) is 0 Å². The minimum Gasteiger partial charge on any atom is -0.507 e. The van der Waals surface area contributed by atoms with Crippen LogP contribution in [-0.4, -0.2) is 23.4 Å². The molecule has 0 bridgehead atoms. The molecule has 1 aliphatic rings. The largest absolute Gasteiger partial charge is 0.507 e. The number of aromatic hydroxyl groups is 1. The molecule has 0 unspecified atom stereocenters. The van der Waals surface area contributed by atoms with Gasteiger partial charge in [-0.2, -0.15) is 0 Å². The molecule has 0 aromatic heterocycles. The van der Waals surface area contributed by atoms with Crippen molar-refractivity contribution in [3.8, 4) is 11.5 Å². The first-order valence-electron chi connectivity index (χ1n) is 6.94. The van der Waals surface area contributed by atoms with Crippen LogP contribution in [0.1, 0.15) is 43.7 Å². The van der Waals surface area contributed by atoms with Crippen molar-refractivity contribution in [1.29, 1.82) is 0 Å². The minimum absolute atomic E-state index is 0.0849. The third kappa shape index (κ3) is 3.19. The quantitative estimate of drug-likeness (QED) is 0.781. The second-order valence-electron chi connectivity index (χ2n) is 5.34. The predicted molar refractivity (Wildman–Crippen MR) is 74.2 cm³/mol. The summed E-state index contributed by atoms with van der Waals surface area (Å²) in [5.41, 5.74) is 6.69. The van der Waals surface area contributed by atoms with Gasteiger partial charge in [-0.1, -0.05) is 19.3 Å². The van der Waals surface area contributed by atoms with Gasteiger partial charge in [-0.3, -0.25) is 0 Å².